The molecule has 2 aliphatic heterocycles. The van der Waals surface area contributed by atoms with Gasteiger partial charge in [-0.05, 0) is 56.6 Å². The Morgan fingerprint density at radius 2 is 1.82 bits per heavy atom. The molecule has 1 saturated carbocycles. The van der Waals surface area contributed by atoms with Crippen molar-refractivity contribution in [1.82, 2.24) is 9.80 Å². The molecule has 28 heavy (non-hydrogen) atoms. The minimum Gasteiger partial charge on any atom is -0.508 e. The van der Waals surface area contributed by atoms with Crippen LogP contribution in [0.25, 0.3) is 0 Å². The first-order chi connectivity index (χ1) is 13.3. The van der Waals surface area contributed by atoms with Crippen molar-refractivity contribution in [2.45, 2.75) is 45.1 Å². The molecule has 1 atom stereocenters. The average molecular weight is 386 g/mol. The molecule has 1 unspecified atom stereocenters. The quantitative estimate of drug-likeness (QED) is 0.828. The van der Waals surface area contributed by atoms with Gasteiger partial charge in [-0.2, -0.15) is 0 Å². The lowest BCUT2D eigenvalue weighted by atomic mass is 9.76. The van der Waals surface area contributed by atoms with Gasteiger partial charge in [0.25, 0.3) is 5.91 Å². The number of carboxylic acids is 1. The number of phenols is 1. The van der Waals surface area contributed by atoms with E-state index in [0.717, 1.165) is 12.8 Å². The Morgan fingerprint density at radius 3 is 2.43 bits per heavy atom. The number of likely N-dealkylation sites (tertiary alicyclic amines) is 2. The molecule has 1 aromatic carbocycles. The number of carbonyl (C=O) groups excluding carboxylic acids is 2. The average Bonchev–Trinajstić information content (AvgIpc) is 3.46. The Labute approximate surface area is 163 Å². The monoisotopic (exact) mass is 386 g/mol. The second-order valence-corrected chi connectivity index (χ2v) is 8.54. The standard InChI is InChI=1S/C21H26N2O5/c1-13-15(3-2-4-17(13)24)19(26)22-9-7-21(8-10-22)11-16(20(27)28)23(12-21)18(25)14-5-6-14/h2-4,14,16,24H,5-12H2,1H3,(H,27,28). The summed E-state index contributed by atoms with van der Waals surface area (Å²) in [5.74, 6) is -0.944. The maximum atomic E-state index is 12.9. The molecule has 2 amide bonds. The summed E-state index contributed by atoms with van der Waals surface area (Å²) in [6.07, 6.45) is 3.57. The van der Waals surface area contributed by atoms with Crippen molar-refractivity contribution < 1.29 is 24.6 Å². The van der Waals surface area contributed by atoms with Crippen LogP contribution in [-0.2, 0) is 9.59 Å². The van der Waals surface area contributed by atoms with Gasteiger partial charge in [-0.25, -0.2) is 4.79 Å². The summed E-state index contributed by atoms with van der Waals surface area (Å²) in [6.45, 7) is 3.27. The van der Waals surface area contributed by atoms with Crippen molar-refractivity contribution >= 4 is 17.8 Å². The highest BCUT2D eigenvalue weighted by Crippen LogP contribution is 2.45. The van der Waals surface area contributed by atoms with E-state index in [0.29, 0.717) is 50.0 Å². The molecular weight excluding hydrogens is 360 g/mol. The number of hydrogen-bond acceptors (Lipinski definition) is 4. The molecule has 1 spiro atoms. The van der Waals surface area contributed by atoms with Gasteiger partial charge >= 0.3 is 5.97 Å². The molecule has 1 aromatic rings. The maximum Gasteiger partial charge on any atom is 0.326 e. The maximum absolute atomic E-state index is 12.9. The number of benzene rings is 1. The summed E-state index contributed by atoms with van der Waals surface area (Å²) in [4.78, 5) is 40.5. The highest BCUT2D eigenvalue weighted by Gasteiger charge is 2.52. The fourth-order valence-electron chi connectivity index (χ4n) is 4.65. The number of phenolic OH excluding ortho intramolecular Hbond substituents is 1. The number of piperidine rings is 1. The lowest BCUT2D eigenvalue weighted by Crippen LogP contribution is -2.45. The predicted molar refractivity (Wildman–Crippen MR) is 101 cm³/mol. The third-order valence-corrected chi connectivity index (χ3v) is 6.65. The van der Waals surface area contributed by atoms with E-state index in [2.05, 4.69) is 0 Å². The molecule has 0 radical (unpaired) electrons. The molecule has 7 nitrogen and oxygen atoms in total. The third kappa shape index (κ3) is 3.23. The minimum atomic E-state index is -0.931. The van der Waals surface area contributed by atoms with Crippen molar-refractivity contribution in [3.63, 3.8) is 0 Å². The summed E-state index contributed by atoms with van der Waals surface area (Å²) >= 11 is 0. The molecule has 2 heterocycles. The van der Waals surface area contributed by atoms with Crippen LogP contribution in [0.2, 0.25) is 0 Å². The summed E-state index contributed by atoms with van der Waals surface area (Å²) in [6, 6.07) is 4.20. The van der Waals surface area contributed by atoms with Crippen LogP contribution in [0.5, 0.6) is 5.75 Å². The highest BCUT2D eigenvalue weighted by molar-refractivity contribution is 5.96. The fourth-order valence-corrected chi connectivity index (χ4v) is 4.65. The van der Waals surface area contributed by atoms with Gasteiger partial charge in [0.2, 0.25) is 5.91 Å². The molecule has 0 aromatic heterocycles. The van der Waals surface area contributed by atoms with Crippen molar-refractivity contribution in [3.8, 4) is 5.75 Å². The molecule has 2 saturated heterocycles. The molecule has 7 heteroatoms. The SMILES string of the molecule is Cc1c(O)cccc1C(=O)N1CCC2(CC1)CC(C(=O)O)N(C(=O)C1CC1)C2. The van der Waals surface area contributed by atoms with Crippen LogP contribution in [0, 0.1) is 18.3 Å². The van der Waals surface area contributed by atoms with Gasteiger partial charge in [0.1, 0.15) is 11.8 Å². The zero-order valence-corrected chi connectivity index (χ0v) is 16.1. The van der Waals surface area contributed by atoms with Gasteiger partial charge in [-0.15, -0.1) is 0 Å². The second kappa shape index (κ2) is 6.79. The van der Waals surface area contributed by atoms with Crippen molar-refractivity contribution in [2.24, 2.45) is 11.3 Å². The van der Waals surface area contributed by atoms with Crippen molar-refractivity contribution in [1.29, 1.82) is 0 Å². The Morgan fingerprint density at radius 1 is 1.14 bits per heavy atom. The van der Waals surface area contributed by atoms with E-state index < -0.39 is 12.0 Å². The van der Waals surface area contributed by atoms with E-state index in [9.17, 15) is 24.6 Å². The number of rotatable bonds is 3. The first kappa shape index (κ1) is 18.8. The van der Waals surface area contributed by atoms with Gasteiger partial charge in [0.05, 0.1) is 0 Å². The summed E-state index contributed by atoms with van der Waals surface area (Å²) < 4.78 is 0. The molecule has 4 rings (SSSR count). The molecule has 1 aliphatic carbocycles. The molecule has 0 bridgehead atoms. The van der Waals surface area contributed by atoms with Gasteiger partial charge in [-0.1, -0.05) is 6.07 Å². The normalized spacial score (nSPS) is 23.8. The van der Waals surface area contributed by atoms with Gasteiger partial charge < -0.3 is 20.0 Å². The van der Waals surface area contributed by atoms with Crippen molar-refractivity contribution in [3.05, 3.63) is 29.3 Å². The van der Waals surface area contributed by atoms with E-state index in [-0.39, 0.29) is 28.9 Å². The van der Waals surface area contributed by atoms with Crippen LogP contribution in [-0.4, -0.2) is 63.5 Å². The van der Waals surface area contributed by atoms with Crippen LogP contribution < -0.4 is 0 Å². The zero-order valence-electron chi connectivity index (χ0n) is 16.1. The van der Waals surface area contributed by atoms with Crippen LogP contribution in [0.1, 0.15) is 48.0 Å². The van der Waals surface area contributed by atoms with E-state index in [1.807, 2.05) is 0 Å². The number of hydrogen-bond donors (Lipinski definition) is 2. The van der Waals surface area contributed by atoms with Crippen LogP contribution in [0.4, 0.5) is 0 Å². The number of carbonyl (C=O) groups is 3. The number of carboxylic acid groups (broad SMARTS) is 1. The molecule has 3 aliphatic rings. The van der Waals surface area contributed by atoms with Gasteiger partial charge in [0, 0.05) is 36.7 Å². The number of nitrogens with zero attached hydrogens (tertiary/aromatic N) is 2. The number of amides is 2. The van der Waals surface area contributed by atoms with Crippen molar-refractivity contribution in [2.75, 3.05) is 19.6 Å². The Balaban J connectivity index is 1.46. The Bertz CT molecular complexity index is 824. The minimum absolute atomic E-state index is 0.00685. The highest BCUT2D eigenvalue weighted by atomic mass is 16.4. The third-order valence-electron chi connectivity index (χ3n) is 6.65. The number of aromatic hydroxyl groups is 1. The van der Waals surface area contributed by atoms with E-state index in [1.165, 1.54) is 0 Å². The topological polar surface area (TPSA) is 98.2 Å². The fraction of sp³-hybridized carbons (Fsp3) is 0.571. The summed E-state index contributed by atoms with van der Waals surface area (Å²) in [7, 11) is 0. The molecule has 2 N–H and O–H groups in total. The number of aliphatic carboxylic acids is 1. The smallest absolute Gasteiger partial charge is 0.326 e. The molecule has 150 valence electrons. The largest absolute Gasteiger partial charge is 0.508 e. The van der Waals surface area contributed by atoms with Crippen LogP contribution in [0.3, 0.4) is 0 Å². The van der Waals surface area contributed by atoms with E-state index >= 15 is 0 Å². The second-order valence-electron chi connectivity index (χ2n) is 8.54. The zero-order chi connectivity index (χ0) is 20.1. The van der Waals surface area contributed by atoms with Gasteiger partial charge in [-0.3, -0.25) is 9.59 Å². The Hall–Kier alpha value is -2.57. The molecule has 3 fully saturated rings. The molecular formula is C21H26N2O5. The van der Waals surface area contributed by atoms with Gasteiger partial charge in [0.15, 0.2) is 0 Å². The first-order valence-corrected chi connectivity index (χ1v) is 9.92. The Kier molecular flexibility index (Phi) is 4.56. The van der Waals surface area contributed by atoms with E-state index in [4.69, 9.17) is 0 Å². The predicted octanol–water partition coefficient (Wildman–Crippen LogP) is 2.02. The summed E-state index contributed by atoms with van der Waals surface area (Å²) in [5.41, 5.74) is 0.843. The lowest BCUT2D eigenvalue weighted by Gasteiger charge is -2.39. The van der Waals surface area contributed by atoms with Crippen LogP contribution >= 0.6 is 0 Å². The summed E-state index contributed by atoms with van der Waals surface area (Å²) in [5, 5.41) is 19.5. The van der Waals surface area contributed by atoms with Crippen LogP contribution in [0.15, 0.2) is 18.2 Å². The lowest BCUT2D eigenvalue weighted by molar-refractivity contribution is -0.148. The van der Waals surface area contributed by atoms with E-state index in [1.54, 1.807) is 34.9 Å². The first-order valence-electron chi connectivity index (χ1n) is 9.92.